The monoisotopic (exact) mass is 753 g/mol. The van der Waals surface area contributed by atoms with Crippen LogP contribution in [0.25, 0.3) is 61.1 Å². The highest BCUT2D eigenvalue weighted by Gasteiger charge is 2.27. The fourth-order valence-corrected chi connectivity index (χ4v) is 8.36. The van der Waals surface area contributed by atoms with E-state index in [0.717, 1.165) is 72.5 Å². The van der Waals surface area contributed by atoms with Crippen LogP contribution < -0.4 is 14.5 Å². The van der Waals surface area contributed by atoms with Gasteiger partial charge in [-0.1, -0.05) is 130 Å². The molecule has 6 nitrogen and oxygen atoms in total. The fourth-order valence-electron chi connectivity index (χ4n) is 8.36. The summed E-state index contributed by atoms with van der Waals surface area (Å²) in [7, 11) is 2.14. The summed E-state index contributed by atoms with van der Waals surface area (Å²) in [5, 5.41) is 2.30. The quantitative estimate of drug-likeness (QED) is 0.162. The van der Waals surface area contributed by atoms with Crippen molar-refractivity contribution in [2.75, 3.05) is 23.5 Å². The highest BCUT2D eigenvalue weighted by atomic mass is 16.5. The zero-order valence-corrected chi connectivity index (χ0v) is 33.1. The van der Waals surface area contributed by atoms with E-state index >= 15 is 0 Å². The maximum atomic E-state index is 6.93. The second kappa shape index (κ2) is 14.1. The van der Waals surface area contributed by atoms with Gasteiger partial charge in [-0.15, -0.1) is 0 Å². The van der Waals surface area contributed by atoms with Crippen LogP contribution in [-0.4, -0.2) is 28.3 Å². The Labute approximate surface area is 339 Å². The van der Waals surface area contributed by atoms with E-state index in [2.05, 4.69) is 212 Å². The van der Waals surface area contributed by atoms with Crippen LogP contribution in [-0.2, 0) is 5.41 Å². The third-order valence-corrected chi connectivity index (χ3v) is 11.2. The SMILES string of the molecule is CN1CN(c2cc(Oc3ccc4c5ccccc5n(-c5cc(C(C)(C)C)ccn5)c4c3)nc(-c3c(-c4ccccc4)cccc3-c3ccccc3)c2)c2ccccc21. The Bertz CT molecular complexity index is 2910. The standard InChI is InChI=1S/C52H43N5O/c1-52(2,3)37-28-29-53-49(30-37)57-45-23-12-11-20-42(45)43-27-26-39(33-48(43)57)58-50-32-38(56-34-55(4)46-24-13-14-25-47(46)56)31-44(54-50)51-40(35-16-7-5-8-17-35)21-15-22-41(51)36-18-9-6-10-19-36/h5-33H,34H2,1-4H3. The lowest BCUT2D eigenvalue weighted by Gasteiger charge is -2.22. The second-order valence-electron chi connectivity index (χ2n) is 16.1. The van der Waals surface area contributed by atoms with Crippen LogP contribution in [0.5, 0.6) is 11.6 Å². The molecular formula is C52H43N5O. The molecule has 0 atom stereocenters. The number of nitrogens with zero attached hydrogens (tertiary/aromatic N) is 5. The maximum Gasteiger partial charge on any atom is 0.221 e. The van der Waals surface area contributed by atoms with Gasteiger partial charge in [-0.2, -0.15) is 0 Å². The van der Waals surface area contributed by atoms with Gasteiger partial charge in [0.15, 0.2) is 0 Å². The number of rotatable bonds is 7. The van der Waals surface area contributed by atoms with E-state index < -0.39 is 0 Å². The molecule has 9 aromatic rings. The van der Waals surface area contributed by atoms with E-state index in [9.17, 15) is 0 Å². The molecule has 1 aliphatic heterocycles. The first-order chi connectivity index (χ1) is 28.3. The zero-order valence-electron chi connectivity index (χ0n) is 33.1. The number of benzene rings is 6. The lowest BCUT2D eigenvalue weighted by molar-refractivity contribution is 0.464. The summed E-state index contributed by atoms with van der Waals surface area (Å²) in [6.45, 7) is 7.40. The molecule has 4 heterocycles. The number of anilines is 3. The summed E-state index contributed by atoms with van der Waals surface area (Å²) >= 11 is 0. The lowest BCUT2D eigenvalue weighted by Crippen LogP contribution is -2.24. The predicted octanol–water partition coefficient (Wildman–Crippen LogP) is 13.2. The van der Waals surface area contributed by atoms with Crippen molar-refractivity contribution in [3.8, 4) is 51.0 Å². The van der Waals surface area contributed by atoms with Crippen molar-refractivity contribution < 1.29 is 4.74 Å². The molecule has 282 valence electrons. The number of hydrogen-bond acceptors (Lipinski definition) is 5. The lowest BCUT2D eigenvalue weighted by atomic mass is 9.88. The Morgan fingerprint density at radius 2 is 1.24 bits per heavy atom. The van der Waals surface area contributed by atoms with Gasteiger partial charge < -0.3 is 14.5 Å². The molecule has 0 unspecified atom stereocenters. The normalized spacial score (nSPS) is 12.7. The average Bonchev–Trinajstić information content (AvgIpc) is 3.77. The van der Waals surface area contributed by atoms with E-state index in [0.29, 0.717) is 18.3 Å². The molecular weight excluding hydrogens is 711 g/mol. The Kier molecular flexibility index (Phi) is 8.56. The zero-order chi connectivity index (χ0) is 39.4. The Balaban J connectivity index is 1.17. The van der Waals surface area contributed by atoms with Gasteiger partial charge in [-0.25, -0.2) is 9.97 Å². The number of hydrogen-bond donors (Lipinski definition) is 0. The van der Waals surface area contributed by atoms with Gasteiger partial charge >= 0.3 is 0 Å². The summed E-state index contributed by atoms with van der Waals surface area (Å²) in [5.74, 6) is 2.08. The maximum absolute atomic E-state index is 6.93. The molecule has 6 heteroatoms. The third kappa shape index (κ3) is 6.23. The fraction of sp³-hybridized carbons (Fsp3) is 0.115. The average molecular weight is 754 g/mol. The van der Waals surface area contributed by atoms with Crippen molar-refractivity contribution in [1.82, 2.24) is 14.5 Å². The van der Waals surface area contributed by atoms with E-state index in [1.54, 1.807) is 0 Å². The van der Waals surface area contributed by atoms with Gasteiger partial charge in [0, 0.05) is 41.7 Å². The van der Waals surface area contributed by atoms with Crippen molar-refractivity contribution in [2.24, 2.45) is 0 Å². The van der Waals surface area contributed by atoms with E-state index in [-0.39, 0.29) is 5.41 Å². The number of para-hydroxylation sites is 3. The van der Waals surface area contributed by atoms with Gasteiger partial charge in [0.2, 0.25) is 5.88 Å². The summed E-state index contributed by atoms with van der Waals surface area (Å²) in [6.07, 6.45) is 1.92. The van der Waals surface area contributed by atoms with Gasteiger partial charge in [0.25, 0.3) is 0 Å². The molecule has 0 amide bonds. The number of ether oxygens (including phenoxy) is 1. The number of fused-ring (bicyclic) bond motifs is 4. The Morgan fingerprint density at radius 1 is 0.586 bits per heavy atom. The van der Waals surface area contributed by atoms with Crippen molar-refractivity contribution in [3.63, 3.8) is 0 Å². The van der Waals surface area contributed by atoms with E-state index in [1.165, 1.54) is 11.3 Å². The van der Waals surface area contributed by atoms with Crippen molar-refractivity contribution in [3.05, 3.63) is 182 Å². The van der Waals surface area contributed by atoms with Crippen LogP contribution in [0, 0.1) is 0 Å². The van der Waals surface area contributed by atoms with Crippen LogP contribution in [0.15, 0.2) is 176 Å². The molecule has 0 aliphatic carbocycles. The molecule has 3 aromatic heterocycles. The van der Waals surface area contributed by atoms with Crippen LogP contribution in [0.2, 0.25) is 0 Å². The Hall–Kier alpha value is -7.18. The highest BCUT2D eigenvalue weighted by Crippen LogP contribution is 2.45. The van der Waals surface area contributed by atoms with Gasteiger partial charge in [-0.05, 0) is 81.8 Å². The van der Waals surface area contributed by atoms with Gasteiger partial charge in [0.05, 0.1) is 40.5 Å². The number of pyridine rings is 2. The van der Waals surface area contributed by atoms with Crippen LogP contribution in [0.3, 0.4) is 0 Å². The van der Waals surface area contributed by atoms with Crippen LogP contribution in [0.4, 0.5) is 17.1 Å². The van der Waals surface area contributed by atoms with Gasteiger partial charge in [0.1, 0.15) is 11.6 Å². The first kappa shape index (κ1) is 35.2. The smallest absolute Gasteiger partial charge is 0.221 e. The summed E-state index contributed by atoms with van der Waals surface area (Å²) in [6, 6.07) is 59.7. The second-order valence-corrected chi connectivity index (χ2v) is 16.1. The molecule has 0 spiro atoms. The number of aromatic nitrogens is 3. The molecule has 1 aliphatic rings. The predicted molar refractivity (Wildman–Crippen MR) is 240 cm³/mol. The van der Waals surface area contributed by atoms with Crippen molar-refractivity contribution >= 4 is 38.9 Å². The first-order valence-corrected chi connectivity index (χ1v) is 19.8. The molecule has 10 rings (SSSR count). The molecule has 0 radical (unpaired) electrons. The topological polar surface area (TPSA) is 46.4 Å². The van der Waals surface area contributed by atoms with Crippen LogP contribution in [0.1, 0.15) is 26.3 Å². The minimum absolute atomic E-state index is 0.0245. The van der Waals surface area contributed by atoms with Gasteiger partial charge in [-0.3, -0.25) is 4.57 Å². The summed E-state index contributed by atoms with van der Waals surface area (Å²) < 4.78 is 9.19. The van der Waals surface area contributed by atoms with Crippen molar-refractivity contribution in [1.29, 1.82) is 0 Å². The van der Waals surface area contributed by atoms with E-state index in [4.69, 9.17) is 14.7 Å². The van der Waals surface area contributed by atoms with Crippen molar-refractivity contribution in [2.45, 2.75) is 26.2 Å². The summed E-state index contributed by atoms with van der Waals surface area (Å²) in [5.41, 5.74) is 13.0. The minimum Gasteiger partial charge on any atom is -0.439 e. The molecule has 6 aromatic carbocycles. The largest absolute Gasteiger partial charge is 0.439 e. The first-order valence-electron chi connectivity index (χ1n) is 19.8. The van der Waals surface area contributed by atoms with Crippen LogP contribution >= 0.6 is 0 Å². The minimum atomic E-state index is -0.0245. The summed E-state index contributed by atoms with van der Waals surface area (Å²) in [4.78, 5) is 14.9. The molecule has 0 bridgehead atoms. The highest BCUT2D eigenvalue weighted by molar-refractivity contribution is 6.09. The molecule has 0 fully saturated rings. The molecule has 0 saturated heterocycles. The third-order valence-electron chi connectivity index (χ3n) is 11.2. The Morgan fingerprint density at radius 3 is 1.97 bits per heavy atom. The molecule has 58 heavy (non-hydrogen) atoms. The molecule has 0 N–H and O–H groups in total. The van der Waals surface area contributed by atoms with E-state index in [1.807, 2.05) is 6.20 Å². The molecule has 0 saturated carbocycles.